The highest BCUT2D eigenvalue weighted by atomic mass is 16.5. The number of ether oxygens (including phenoxy) is 1. The number of benzene rings is 1. The zero-order valence-corrected chi connectivity index (χ0v) is 13.3. The molecule has 0 bridgehead atoms. The molecule has 1 aromatic rings. The molecule has 0 aromatic heterocycles. The maximum Gasteiger partial charge on any atom is 0.341 e. The fraction of sp³-hybridized carbons (Fsp3) is 0.438. The summed E-state index contributed by atoms with van der Waals surface area (Å²) in [7, 11) is 0. The normalized spacial score (nSPS) is 10.0. The fourth-order valence-electron chi connectivity index (χ4n) is 1.92. The molecule has 0 heterocycles. The molecule has 1 aromatic carbocycles. The third kappa shape index (κ3) is 7.30. The first-order chi connectivity index (χ1) is 10.9. The highest BCUT2D eigenvalue weighted by Gasteiger charge is 2.08. The summed E-state index contributed by atoms with van der Waals surface area (Å²) >= 11 is 0. The molecule has 126 valence electrons. The lowest BCUT2D eigenvalue weighted by atomic mass is 10.1. The van der Waals surface area contributed by atoms with Gasteiger partial charge in [-0.15, -0.1) is 0 Å². The summed E-state index contributed by atoms with van der Waals surface area (Å²) in [5.74, 6) is -0.848. The number of hydrogen-bond acceptors (Lipinski definition) is 4. The van der Waals surface area contributed by atoms with Crippen LogP contribution in [0.3, 0.4) is 0 Å². The van der Waals surface area contributed by atoms with Gasteiger partial charge in [-0.05, 0) is 44.0 Å². The lowest BCUT2D eigenvalue weighted by molar-refractivity contribution is -0.139. The average molecular weight is 322 g/mol. The van der Waals surface area contributed by atoms with E-state index in [1.165, 1.54) is 0 Å². The number of carbonyl (C=O) groups is 3. The van der Waals surface area contributed by atoms with E-state index in [1.807, 2.05) is 6.92 Å². The molecule has 3 N–H and O–H groups in total. The van der Waals surface area contributed by atoms with Gasteiger partial charge in [0.25, 0.3) is 0 Å². The Morgan fingerprint density at radius 2 is 1.87 bits per heavy atom. The number of carboxylic acids is 1. The molecule has 0 spiro atoms. The molecule has 2 amide bonds. The van der Waals surface area contributed by atoms with Crippen molar-refractivity contribution in [2.45, 2.75) is 33.1 Å². The molecule has 0 unspecified atom stereocenters. The first-order valence-electron chi connectivity index (χ1n) is 7.44. The van der Waals surface area contributed by atoms with Crippen LogP contribution in [0.1, 0.15) is 31.7 Å². The van der Waals surface area contributed by atoms with Gasteiger partial charge in [-0.2, -0.15) is 0 Å². The van der Waals surface area contributed by atoms with Crippen molar-refractivity contribution in [2.75, 3.05) is 18.5 Å². The van der Waals surface area contributed by atoms with Crippen LogP contribution in [0.4, 0.5) is 5.69 Å². The first-order valence-corrected chi connectivity index (χ1v) is 7.44. The average Bonchev–Trinajstić information content (AvgIpc) is 2.48. The molecule has 0 saturated carbocycles. The largest absolute Gasteiger partial charge is 0.482 e. The van der Waals surface area contributed by atoms with Crippen LogP contribution in [-0.2, 0) is 14.4 Å². The number of aliphatic carboxylic acids is 1. The number of nitrogens with one attached hydrogen (secondary N) is 2. The van der Waals surface area contributed by atoms with Gasteiger partial charge in [0.1, 0.15) is 5.75 Å². The molecule has 0 aliphatic rings. The Morgan fingerprint density at radius 3 is 2.48 bits per heavy atom. The summed E-state index contributed by atoms with van der Waals surface area (Å²) in [6.45, 7) is 3.81. The third-order valence-electron chi connectivity index (χ3n) is 3.02. The smallest absolute Gasteiger partial charge is 0.341 e. The van der Waals surface area contributed by atoms with E-state index in [0.717, 1.165) is 5.56 Å². The Balaban J connectivity index is 2.45. The number of carboxylic acid groups (broad SMARTS) is 1. The van der Waals surface area contributed by atoms with Gasteiger partial charge in [0.2, 0.25) is 11.8 Å². The SMILES string of the molecule is CCNC(=O)CCCC(=O)Nc1ccc(OCC(=O)O)cc1C. The van der Waals surface area contributed by atoms with Gasteiger partial charge in [-0.25, -0.2) is 4.79 Å². The molecule has 0 saturated heterocycles. The molecule has 0 atom stereocenters. The summed E-state index contributed by atoms with van der Waals surface area (Å²) in [4.78, 5) is 33.6. The van der Waals surface area contributed by atoms with E-state index in [4.69, 9.17) is 9.84 Å². The Hall–Kier alpha value is -2.57. The quantitative estimate of drug-likeness (QED) is 0.642. The maximum atomic E-state index is 11.9. The van der Waals surface area contributed by atoms with Gasteiger partial charge >= 0.3 is 5.97 Å². The molecule has 23 heavy (non-hydrogen) atoms. The predicted octanol–water partition coefficient (Wildman–Crippen LogP) is 1.70. The molecule has 0 aliphatic heterocycles. The van der Waals surface area contributed by atoms with Gasteiger partial charge in [0.05, 0.1) is 0 Å². The monoisotopic (exact) mass is 322 g/mol. The molecule has 0 aliphatic carbocycles. The molecule has 7 heteroatoms. The number of hydrogen-bond donors (Lipinski definition) is 3. The van der Waals surface area contributed by atoms with Gasteiger partial charge in [0, 0.05) is 25.1 Å². The van der Waals surface area contributed by atoms with Crippen molar-refractivity contribution < 1.29 is 24.2 Å². The molecule has 7 nitrogen and oxygen atoms in total. The van der Waals surface area contributed by atoms with Crippen LogP contribution in [0.2, 0.25) is 0 Å². The zero-order chi connectivity index (χ0) is 17.2. The summed E-state index contributed by atoms with van der Waals surface area (Å²) in [5, 5.41) is 14.0. The molecular weight excluding hydrogens is 300 g/mol. The van der Waals surface area contributed by atoms with Gasteiger partial charge in [0.15, 0.2) is 6.61 Å². The zero-order valence-electron chi connectivity index (χ0n) is 13.3. The van der Waals surface area contributed by atoms with E-state index in [0.29, 0.717) is 30.8 Å². The van der Waals surface area contributed by atoms with Gasteiger partial charge < -0.3 is 20.5 Å². The van der Waals surface area contributed by atoms with Crippen LogP contribution in [0.5, 0.6) is 5.75 Å². The van der Waals surface area contributed by atoms with E-state index in [2.05, 4.69) is 10.6 Å². The van der Waals surface area contributed by atoms with Crippen molar-refractivity contribution in [2.24, 2.45) is 0 Å². The lowest BCUT2D eigenvalue weighted by Gasteiger charge is -2.10. The van der Waals surface area contributed by atoms with E-state index >= 15 is 0 Å². The highest BCUT2D eigenvalue weighted by Crippen LogP contribution is 2.21. The molecular formula is C16H22N2O5. The lowest BCUT2D eigenvalue weighted by Crippen LogP contribution is -2.22. The minimum Gasteiger partial charge on any atom is -0.482 e. The van der Waals surface area contributed by atoms with Crippen LogP contribution in [-0.4, -0.2) is 36.0 Å². The van der Waals surface area contributed by atoms with Crippen LogP contribution in [0.15, 0.2) is 18.2 Å². The summed E-state index contributed by atoms with van der Waals surface area (Å²) < 4.78 is 5.07. The number of rotatable bonds is 9. The Labute approximate surface area is 135 Å². The molecule has 0 radical (unpaired) electrons. The highest BCUT2D eigenvalue weighted by molar-refractivity contribution is 5.91. The standard InChI is InChI=1S/C16H22N2O5/c1-3-17-14(19)5-4-6-15(20)18-13-8-7-12(9-11(13)2)23-10-16(21)22/h7-9H,3-6,10H2,1-2H3,(H,17,19)(H,18,20)(H,21,22). The van der Waals surface area contributed by atoms with E-state index < -0.39 is 12.6 Å². The minimum absolute atomic E-state index is 0.0589. The number of aryl methyl sites for hydroxylation is 1. The first kappa shape index (κ1) is 18.5. The summed E-state index contributed by atoms with van der Waals surface area (Å²) in [6.07, 6.45) is 1.06. The minimum atomic E-state index is -1.05. The summed E-state index contributed by atoms with van der Waals surface area (Å²) in [5.41, 5.74) is 1.40. The molecule has 0 fully saturated rings. The second-order valence-corrected chi connectivity index (χ2v) is 5.01. The number of anilines is 1. The van der Waals surface area contributed by atoms with Crippen molar-refractivity contribution in [3.8, 4) is 5.75 Å². The third-order valence-corrected chi connectivity index (χ3v) is 3.02. The van der Waals surface area contributed by atoms with Crippen LogP contribution in [0, 0.1) is 6.92 Å². The fourth-order valence-corrected chi connectivity index (χ4v) is 1.92. The van der Waals surface area contributed by atoms with Crippen molar-refractivity contribution in [1.29, 1.82) is 0 Å². The second-order valence-electron chi connectivity index (χ2n) is 5.01. The predicted molar refractivity (Wildman–Crippen MR) is 85.5 cm³/mol. The van der Waals surface area contributed by atoms with E-state index in [-0.39, 0.29) is 18.2 Å². The van der Waals surface area contributed by atoms with Crippen molar-refractivity contribution in [3.63, 3.8) is 0 Å². The Morgan fingerprint density at radius 1 is 1.17 bits per heavy atom. The molecule has 1 rings (SSSR count). The van der Waals surface area contributed by atoms with Crippen LogP contribution >= 0.6 is 0 Å². The summed E-state index contributed by atoms with van der Waals surface area (Å²) in [6, 6.07) is 4.92. The van der Waals surface area contributed by atoms with Gasteiger partial charge in [-0.3, -0.25) is 9.59 Å². The van der Waals surface area contributed by atoms with Crippen molar-refractivity contribution in [3.05, 3.63) is 23.8 Å². The van der Waals surface area contributed by atoms with Gasteiger partial charge in [-0.1, -0.05) is 0 Å². The van der Waals surface area contributed by atoms with Crippen molar-refractivity contribution >= 4 is 23.5 Å². The topological polar surface area (TPSA) is 105 Å². The second kappa shape index (κ2) is 9.45. The number of carbonyl (C=O) groups excluding carboxylic acids is 2. The maximum absolute atomic E-state index is 11.9. The van der Waals surface area contributed by atoms with E-state index in [9.17, 15) is 14.4 Å². The number of amides is 2. The Bertz CT molecular complexity index is 572. The van der Waals surface area contributed by atoms with E-state index in [1.54, 1.807) is 25.1 Å². The van der Waals surface area contributed by atoms with Crippen LogP contribution < -0.4 is 15.4 Å². The Kier molecular flexibility index (Phi) is 7.59. The van der Waals surface area contributed by atoms with Crippen molar-refractivity contribution in [1.82, 2.24) is 5.32 Å². The van der Waals surface area contributed by atoms with Crippen LogP contribution in [0.25, 0.3) is 0 Å².